The molecule has 0 saturated heterocycles. The maximum absolute atomic E-state index is 12.5. The molecule has 0 radical (unpaired) electrons. The van der Waals surface area contributed by atoms with Crippen molar-refractivity contribution in [3.63, 3.8) is 0 Å². The first-order valence-electron chi connectivity index (χ1n) is 11.6. The van der Waals surface area contributed by atoms with Crippen LogP contribution in [0.15, 0.2) is 11.0 Å². The number of thiazole rings is 2. The standard InChI is InChI=1S/C15H22N2O6S.C9H12N2O4S.CH4.Na.H2O/c1-14(2,3)22-12(19)17(13(20)23-15(4,5)6)10-9(11(18)21-7)24-8-16-10;1-9(2,3)15-8(14)11-6-5(7(12)13)16-4-10-6;;;/h8H,1-7H3;4H,1-3H3,(H,11,14)(H,12,13);1H4;;1H2/q;;;+1;/p-1. The second-order valence-corrected chi connectivity index (χ2v) is 12.5. The SMILES string of the molecule is C.CC(C)(C)OC(=O)Nc1ncsc1C(=O)O.COC(=O)c1scnc1N(C(=O)OC(C)(C)C)C(=O)OC(C)(C)C.[Na+].[OH-]. The molecule has 3 amide bonds. The summed E-state index contributed by atoms with van der Waals surface area (Å²) in [5, 5.41) is 11.1. The van der Waals surface area contributed by atoms with Crippen molar-refractivity contribution >= 4 is 64.5 Å². The van der Waals surface area contributed by atoms with Crippen LogP contribution in [0.5, 0.6) is 0 Å². The van der Waals surface area contributed by atoms with Gasteiger partial charge < -0.3 is 29.5 Å². The molecule has 2 heterocycles. The average Bonchev–Trinajstić information content (AvgIpc) is 3.39. The number of nitrogens with one attached hydrogen (secondary N) is 1. The third-order valence-electron chi connectivity index (χ3n) is 3.66. The molecule has 2 aromatic heterocycles. The maximum Gasteiger partial charge on any atom is 1.00 e. The number of rotatable bonds is 4. The Hall–Kier alpha value is -2.83. The Morgan fingerprint density at radius 3 is 1.60 bits per heavy atom. The van der Waals surface area contributed by atoms with Crippen LogP contribution in [0.2, 0.25) is 0 Å². The van der Waals surface area contributed by atoms with Crippen LogP contribution in [0.1, 0.15) is 89.1 Å². The van der Waals surface area contributed by atoms with Gasteiger partial charge in [0.05, 0.1) is 18.1 Å². The van der Waals surface area contributed by atoms with Crippen LogP contribution in [0, 0.1) is 0 Å². The Labute approximate surface area is 280 Å². The summed E-state index contributed by atoms with van der Waals surface area (Å²) in [5.41, 5.74) is 0.334. The summed E-state index contributed by atoms with van der Waals surface area (Å²) >= 11 is 1.88. The zero-order valence-electron chi connectivity index (χ0n) is 25.4. The molecule has 3 N–H and O–H groups in total. The first-order valence-corrected chi connectivity index (χ1v) is 13.4. The van der Waals surface area contributed by atoms with Crippen molar-refractivity contribution in [3.8, 4) is 0 Å². The summed E-state index contributed by atoms with van der Waals surface area (Å²) in [7, 11) is 1.19. The van der Waals surface area contributed by atoms with Gasteiger partial charge in [-0.25, -0.2) is 33.9 Å². The average molecular weight is 659 g/mol. The fourth-order valence-corrected chi connectivity index (χ4v) is 3.65. The first-order chi connectivity index (χ1) is 18.1. The summed E-state index contributed by atoms with van der Waals surface area (Å²) in [6, 6.07) is 0. The van der Waals surface area contributed by atoms with E-state index < -0.39 is 47.0 Å². The van der Waals surface area contributed by atoms with Crippen molar-refractivity contribution in [2.75, 3.05) is 17.3 Å². The summed E-state index contributed by atoms with van der Waals surface area (Å²) < 4.78 is 20.1. The van der Waals surface area contributed by atoms with Gasteiger partial charge in [0, 0.05) is 0 Å². The van der Waals surface area contributed by atoms with Gasteiger partial charge in [-0.1, -0.05) is 7.43 Å². The topological polar surface area (TPSA) is 214 Å². The molecule has 0 aliphatic heterocycles. The van der Waals surface area contributed by atoms with Crippen molar-refractivity contribution in [3.05, 3.63) is 20.8 Å². The molecule has 2 aromatic rings. The molecular weight excluding hydrogens is 619 g/mol. The van der Waals surface area contributed by atoms with E-state index in [9.17, 15) is 24.0 Å². The molecular formula is C25H39N4NaO11S2. The number of aromatic carboxylic acids is 1. The van der Waals surface area contributed by atoms with E-state index in [0.29, 0.717) is 4.90 Å². The Bertz CT molecular complexity index is 1200. The Morgan fingerprint density at radius 1 is 0.791 bits per heavy atom. The van der Waals surface area contributed by atoms with Gasteiger partial charge in [0.15, 0.2) is 21.4 Å². The normalized spacial score (nSPS) is 10.6. The van der Waals surface area contributed by atoms with E-state index >= 15 is 0 Å². The molecule has 18 heteroatoms. The van der Waals surface area contributed by atoms with Crippen LogP contribution in [0.3, 0.4) is 0 Å². The number of hydrogen-bond donors (Lipinski definition) is 2. The minimum atomic E-state index is -1.13. The van der Waals surface area contributed by atoms with Crippen molar-refractivity contribution in [2.45, 2.75) is 86.5 Å². The third kappa shape index (κ3) is 16.0. The molecule has 0 aromatic carbocycles. The monoisotopic (exact) mass is 658 g/mol. The van der Waals surface area contributed by atoms with Gasteiger partial charge in [-0.05, 0) is 62.3 Å². The van der Waals surface area contributed by atoms with E-state index in [1.807, 2.05) is 0 Å². The van der Waals surface area contributed by atoms with Gasteiger partial charge in [-0.15, -0.1) is 22.7 Å². The summed E-state index contributed by atoms with van der Waals surface area (Å²) in [5.74, 6) is -2.03. The summed E-state index contributed by atoms with van der Waals surface area (Å²) in [6.07, 6.45) is -2.71. The fourth-order valence-electron chi connectivity index (χ4n) is 2.38. The minimum Gasteiger partial charge on any atom is -0.870 e. The van der Waals surface area contributed by atoms with E-state index in [4.69, 9.17) is 19.3 Å². The van der Waals surface area contributed by atoms with Crippen LogP contribution >= 0.6 is 22.7 Å². The Morgan fingerprint density at radius 2 is 1.21 bits per heavy atom. The second kappa shape index (κ2) is 18.1. The van der Waals surface area contributed by atoms with E-state index in [-0.39, 0.29) is 63.9 Å². The molecule has 0 aliphatic rings. The van der Waals surface area contributed by atoms with Crippen LogP contribution in [-0.2, 0) is 18.9 Å². The van der Waals surface area contributed by atoms with Crippen molar-refractivity contribution in [1.82, 2.24) is 9.97 Å². The van der Waals surface area contributed by atoms with Crippen molar-refractivity contribution in [1.29, 1.82) is 0 Å². The summed E-state index contributed by atoms with van der Waals surface area (Å²) in [6.45, 7) is 15.1. The number of carboxylic acid groups (broad SMARTS) is 1. The largest absolute Gasteiger partial charge is 1.00 e. The van der Waals surface area contributed by atoms with Crippen LogP contribution in [-0.4, -0.2) is 74.7 Å². The van der Waals surface area contributed by atoms with Gasteiger partial charge in [0.2, 0.25) is 0 Å². The number of nitrogens with zero attached hydrogens (tertiary/aromatic N) is 3. The number of carbonyl (C=O) groups excluding carboxylic acids is 4. The van der Waals surface area contributed by atoms with E-state index in [1.165, 1.54) is 18.1 Å². The quantitative estimate of drug-likeness (QED) is 0.274. The van der Waals surface area contributed by atoms with Crippen molar-refractivity contribution in [2.24, 2.45) is 0 Å². The number of anilines is 2. The number of aromatic nitrogens is 2. The van der Waals surface area contributed by atoms with Crippen LogP contribution in [0.4, 0.5) is 26.0 Å². The van der Waals surface area contributed by atoms with Gasteiger partial charge in [0.25, 0.3) is 0 Å². The van der Waals surface area contributed by atoms with E-state index in [2.05, 4.69) is 20.0 Å². The maximum atomic E-state index is 12.5. The molecule has 43 heavy (non-hydrogen) atoms. The minimum absolute atomic E-state index is 0. The number of esters is 1. The number of imide groups is 1. The number of carboxylic acids is 1. The number of hydrogen-bond acceptors (Lipinski definition) is 14. The molecule has 238 valence electrons. The first kappa shape index (κ1) is 44.6. The van der Waals surface area contributed by atoms with Gasteiger partial charge >= 0.3 is 59.8 Å². The predicted molar refractivity (Wildman–Crippen MR) is 156 cm³/mol. The number of amides is 3. The van der Waals surface area contributed by atoms with Crippen molar-refractivity contribution < 1.29 is 83.1 Å². The Balaban J connectivity index is -0.000000742. The molecule has 0 saturated carbocycles. The molecule has 0 spiro atoms. The smallest absolute Gasteiger partial charge is 0.870 e. The number of ether oxygens (including phenoxy) is 4. The zero-order valence-corrected chi connectivity index (χ0v) is 29.0. The predicted octanol–water partition coefficient (Wildman–Crippen LogP) is 3.26. The van der Waals surface area contributed by atoms with Gasteiger partial charge in [-0.3, -0.25) is 5.32 Å². The molecule has 15 nitrogen and oxygen atoms in total. The Kier molecular flexibility index (Phi) is 18.8. The molecule has 0 atom stereocenters. The van der Waals surface area contributed by atoms with E-state index in [1.54, 1.807) is 62.3 Å². The van der Waals surface area contributed by atoms with Gasteiger partial charge in [0.1, 0.15) is 16.8 Å². The van der Waals surface area contributed by atoms with Gasteiger partial charge in [-0.2, -0.15) is 4.90 Å². The second-order valence-electron chi connectivity index (χ2n) is 10.8. The third-order valence-corrected chi connectivity index (χ3v) is 5.27. The molecule has 0 aliphatic carbocycles. The summed E-state index contributed by atoms with van der Waals surface area (Å²) in [4.78, 5) is 67.1. The van der Waals surface area contributed by atoms with Crippen LogP contribution < -0.4 is 39.8 Å². The molecule has 0 fully saturated rings. The van der Waals surface area contributed by atoms with Crippen LogP contribution in [0.25, 0.3) is 0 Å². The molecule has 0 bridgehead atoms. The zero-order chi connectivity index (χ0) is 31.1. The fraction of sp³-hybridized carbons (Fsp3) is 0.560. The number of methoxy groups -OCH3 is 1. The van der Waals surface area contributed by atoms with E-state index in [0.717, 1.165) is 22.7 Å². The molecule has 2 rings (SSSR count). The molecule has 0 unspecified atom stereocenters. The number of carbonyl (C=O) groups is 5.